The highest BCUT2D eigenvalue weighted by molar-refractivity contribution is 5.81. The van der Waals surface area contributed by atoms with Gasteiger partial charge >= 0.3 is 12.1 Å². The molecule has 0 aliphatic heterocycles. The van der Waals surface area contributed by atoms with Gasteiger partial charge in [0.2, 0.25) is 0 Å². The number of amides is 3. The number of carbonyl (C=O) groups excluding carboxylic acids is 1. The molecule has 0 fully saturated rings. The molecule has 0 saturated carbocycles. The summed E-state index contributed by atoms with van der Waals surface area (Å²) in [4.78, 5) is 21.3. The minimum absolute atomic E-state index is 0.249. The standard InChI is InChI=1S/C5H10N4O3/c1-2-9(5(11)12)3-7-8-4(6)10/h3H,2H2,1H3,(H,11,12)(H3,6,8,10). The second-order valence-electron chi connectivity index (χ2n) is 1.79. The van der Waals surface area contributed by atoms with E-state index >= 15 is 0 Å². The molecule has 0 radical (unpaired) electrons. The molecule has 0 spiro atoms. The Morgan fingerprint density at radius 3 is 2.67 bits per heavy atom. The highest BCUT2D eigenvalue weighted by Gasteiger charge is 2.04. The van der Waals surface area contributed by atoms with Crippen molar-refractivity contribution in [3.05, 3.63) is 0 Å². The molecule has 0 saturated heterocycles. The number of nitrogens with zero attached hydrogens (tertiary/aromatic N) is 2. The number of carboxylic acid groups (broad SMARTS) is 1. The Labute approximate surface area is 68.8 Å². The molecule has 68 valence electrons. The Morgan fingerprint density at radius 2 is 2.33 bits per heavy atom. The van der Waals surface area contributed by atoms with Gasteiger partial charge in [0.15, 0.2) is 0 Å². The number of hydrazone groups is 1. The van der Waals surface area contributed by atoms with Gasteiger partial charge in [-0.25, -0.2) is 15.0 Å². The molecule has 0 atom stereocenters. The summed E-state index contributed by atoms with van der Waals surface area (Å²) in [6.45, 7) is 1.88. The SMILES string of the molecule is CCN(C=NNC(N)=O)C(=O)O. The Morgan fingerprint density at radius 1 is 1.75 bits per heavy atom. The smallest absolute Gasteiger partial charge is 0.412 e. The quantitative estimate of drug-likeness (QED) is 0.307. The number of nitrogens with one attached hydrogen (secondary N) is 1. The van der Waals surface area contributed by atoms with E-state index in [2.05, 4.69) is 10.8 Å². The monoisotopic (exact) mass is 174 g/mol. The van der Waals surface area contributed by atoms with Gasteiger partial charge in [0, 0.05) is 6.54 Å². The zero-order valence-electron chi connectivity index (χ0n) is 6.52. The average Bonchev–Trinajstić information content (AvgIpc) is 1.96. The van der Waals surface area contributed by atoms with E-state index in [1.807, 2.05) is 5.43 Å². The van der Waals surface area contributed by atoms with Crippen LogP contribution in [0.5, 0.6) is 0 Å². The molecule has 0 heterocycles. The van der Waals surface area contributed by atoms with E-state index in [-0.39, 0.29) is 6.54 Å². The second-order valence-corrected chi connectivity index (χ2v) is 1.79. The van der Waals surface area contributed by atoms with Crippen molar-refractivity contribution in [3.8, 4) is 0 Å². The Hall–Kier alpha value is -1.79. The van der Waals surface area contributed by atoms with Crippen LogP contribution in [-0.4, -0.2) is 35.0 Å². The molecule has 4 N–H and O–H groups in total. The van der Waals surface area contributed by atoms with Crippen LogP contribution in [-0.2, 0) is 0 Å². The summed E-state index contributed by atoms with van der Waals surface area (Å²) in [5, 5.41) is 11.7. The van der Waals surface area contributed by atoms with Crippen LogP contribution >= 0.6 is 0 Å². The lowest BCUT2D eigenvalue weighted by Crippen LogP contribution is -2.31. The van der Waals surface area contributed by atoms with E-state index in [1.54, 1.807) is 6.92 Å². The molecule has 7 heteroatoms. The lowest BCUT2D eigenvalue weighted by Gasteiger charge is -2.08. The third kappa shape index (κ3) is 4.09. The molecule has 0 unspecified atom stereocenters. The number of urea groups is 1. The number of hydrogen-bond donors (Lipinski definition) is 3. The number of primary amides is 1. The molecule has 0 rings (SSSR count). The van der Waals surface area contributed by atoms with Gasteiger partial charge in [0.25, 0.3) is 0 Å². The Kier molecular flexibility index (Phi) is 4.20. The fourth-order valence-electron chi connectivity index (χ4n) is 0.428. The first-order chi connectivity index (χ1) is 5.57. The van der Waals surface area contributed by atoms with E-state index in [9.17, 15) is 9.59 Å². The molecule has 7 nitrogen and oxygen atoms in total. The normalized spacial score (nSPS) is 9.75. The van der Waals surface area contributed by atoms with Crippen LogP contribution in [0.25, 0.3) is 0 Å². The molecule has 0 aliphatic carbocycles. The maximum Gasteiger partial charge on any atom is 0.412 e. The van der Waals surface area contributed by atoms with Crippen LogP contribution in [0, 0.1) is 0 Å². The lowest BCUT2D eigenvalue weighted by molar-refractivity contribution is 0.172. The van der Waals surface area contributed by atoms with Crippen molar-refractivity contribution in [1.82, 2.24) is 10.3 Å². The molecule has 0 bridgehead atoms. The first-order valence-electron chi connectivity index (χ1n) is 3.16. The predicted octanol–water partition coefficient (Wildman–Crippen LogP) is -0.402. The maximum atomic E-state index is 10.3. The summed E-state index contributed by atoms with van der Waals surface area (Å²) in [5.41, 5.74) is 6.53. The number of nitrogens with two attached hydrogens (primary N) is 1. The van der Waals surface area contributed by atoms with Crippen molar-refractivity contribution >= 4 is 18.5 Å². The third-order valence-electron chi connectivity index (χ3n) is 0.958. The Bertz CT molecular complexity index is 203. The van der Waals surface area contributed by atoms with Crippen LogP contribution in [0.4, 0.5) is 9.59 Å². The fraction of sp³-hybridized carbons (Fsp3) is 0.400. The van der Waals surface area contributed by atoms with E-state index in [1.165, 1.54) is 0 Å². The van der Waals surface area contributed by atoms with Gasteiger partial charge in [-0.05, 0) is 6.92 Å². The molecule has 0 aliphatic rings. The minimum atomic E-state index is -1.15. The van der Waals surface area contributed by atoms with Crippen molar-refractivity contribution < 1.29 is 14.7 Å². The maximum absolute atomic E-state index is 10.3. The topological polar surface area (TPSA) is 108 Å². The molecule has 12 heavy (non-hydrogen) atoms. The van der Waals surface area contributed by atoms with Crippen molar-refractivity contribution in [3.63, 3.8) is 0 Å². The summed E-state index contributed by atoms with van der Waals surface area (Å²) < 4.78 is 0. The summed E-state index contributed by atoms with van der Waals surface area (Å²) in [6, 6.07) is -0.840. The molecule has 0 aromatic carbocycles. The van der Waals surface area contributed by atoms with Crippen LogP contribution in [0.3, 0.4) is 0 Å². The van der Waals surface area contributed by atoms with E-state index in [4.69, 9.17) is 5.11 Å². The van der Waals surface area contributed by atoms with Crippen LogP contribution in [0.15, 0.2) is 5.10 Å². The van der Waals surface area contributed by atoms with Crippen molar-refractivity contribution in [2.45, 2.75) is 6.92 Å². The van der Waals surface area contributed by atoms with Crippen molar-refractivity contribution in [1.29, 1.82) is 0 Å². The second kappa shape index (κ2) is 4.94. The number of rotatable bonds is 3. The summed E-state index contributed by atoms with van der Waals surface area (Å²) in [6.07, 6.45) is -0.180. The van der Waals surface area contributed by atoms with Gasteiger partial charge in [-0.15, -0.1) is 0 Å². The molecule has 0 aromatic rings. The van der Waals surface area contributed by atoms with Gasteiger partial charge in [0.05, 0.1) is 0 Å². The van der Waals surface area contributed by atoms with E-state index < -0.39 is 12.1 Å². The minimum Gasteiger partial charge on any atom is -0.465 e. The highest BCUT2D eigenvalue weighted by atomic mass is 16.4. The first-order valence-corrected chi connectivity index (χ1v) is 3.16. The van der Waals surface area contributed by atoms with Crippen LogP contribution < -0.4 is 11.2 Å². The molecular formula is C5H10N4O3. The fourth-order valence-corrected chi connectivity index (χ4v) is 0.428. The number of hydrogen-bond acceptors (Lipinski definition) is 3. The summed E-state index contributed by atoms with van der Waals surface area (Å²) in [5.74, 6) is 0. The molecular weight excluding hydrogens is 164 g/mol. The zero-order valence-corrected chi connectivity index (χ0v) is 6.52. The number of carbonyl (C=O) groups is 2. The zero-order chi connectivity index (χ0) is 9.56. The van der Waals surface area contributed by atoms with Gasteiger partial charge in [-0.2, -0.15) is 5.10 Å². The third-order valence-corrected chi connectivity index (χ3v) is 0.958. The van der Waals surface area contributed by atoms with Crippen molar-refractivity contribution in [2.24, 2.45) is 10.8 Å². The highest BCUT2D eigenvalue weighted by Crippen LogP contribution is 1.82. The summed E-state index contributed by atoms with van der Waals surface area (Å²) >= 11 is 0. The average molecular weight is 174 g/mol. The van der Waals surface area contributed by atoms with Crippen molar-refractivity contribution in [2.75, 3.05) is 6.54 Å². The Balaban J connectivity index is 3.93. The van der Waals surface area contributed by atoms with E-state index in [0.29, 0.717) is 0 Å². The van der Waals surface area contributed by atoms with Crippen LogP contribution in [0.1, 0.15) is 6.92 Å². The molecule has 3 amide bonds. The molecule has 0 aromatic heterocycles. The van der Waals surface area contributed by atoms with Gasteiger partial charge in [-0.1, -0.05) is 0 Å². The van der Waals surface area contributed by atoms with Gasteiger partial charge < -0.3 is 10.8 Å². The van der Waals surface area contributed by atoms with E-state index in [0.717, 1.165) is 11.2 Å². The van der Waals surface area contributed by atoms with Crippen LogP contribution in [0.2, 0.25) is 0 Å². The first kappa shape index (κ1) is 10.2. The van der Waals surface area contributed by atoms with Gasteiger partial charge in [0.1, 0.15) is 6.34 Å². The lowest BCUT2D eigenvalue weighted by atomic mass is 10.6. The summed E-state index contributed by atoms with van der Waals surface area (Å²) in [7, 11) is 0. The largest absolute Gasteiger partial charge is 0.465 e. The predicted molar refractivity (Wildman–Crippen MR) is 41.6 cm³/mol. The van der Waals surface area contributed by atoms with Gasteiger partial charge in [-0.3, -0.25) is 4.90 Å².